The number of rotatable bonds is 0. The van der Waals surface area contributed by atoms with Gasteiger partial charge in [-0.05, 0) is 119 Å². The van der Waals surface area contributed by atoms with Crippen molar-refractivity contribution in [2.45, 2.75) is 134 Å². The first-order valence-corrected chi connectivity index (χ1v) is 21.5. The van der Waals surface area contributed by atoms with Gasteiger partial charge in [0.25, 0.3) is 0 Å². The molecule has 2 unspecified atom stereocenters. The fourth-order valence-corrected chi connectivity index (χ4v) is 13.6. The minimum absolute atomic E-state index is 0.00420. The second-order valence-corrected chi connectivity index (χ2v) is 20.9. The van der Waals surface area contributed by atoms with Crippen LogP contribution in [0, 0.1) is 11.8 Å². The van der Waals surface area contributed by atoms with E-state index in [9.17, 15) is 0 Å². The molecule has 1 spiro atoms. The Balaban J connectivity index is 1.24. The molecular weight excluding hydrogens is 671 g/mol. The molecule has 5 aromatic heterocycles. The zero-order valence-corrected chi connectivity index (χ0v) is 33.3. The van der Waals surface area contributed by atoms with Crippen molar-refractivity contribution in [3.05, 3.63) is 88.4 Å². The highest BCUT2D eigenvalue weighted by molar-refractivity contribution is 6.31. The highest BCUT2D eigenvalue weighted by Crippen LogP contribution is 2.63. The maximum absolute atomic E-state index is 7.25. The van der Waals surface area contributed by atoms with E-state index in [0.717, 1.165) is 39.4 Å². The molecule has 5 heterocycles. The molecule has 4 bridgehead atoms. The summed E-state index contributed by atoms with van der Waals surface area (Å²) >= 11 is 0. The molecule has 6 aliphatic rings. The zero-order valence-electron chi connectivity index (χ0n) is 33.3. The summed E-state index contributed by atoms with van der Waals surface area (Å²) in [6.07, 6.45) is 17.6. The summed E-state index contributed by atoms with van der Waals surface area (Å²) in [6, 6.07) is 16.8. The van der Waals surface area contributed by atoms with Crippen LogP contribution in [0.2, 0.25) is 0 Å². The molecule has 4 heteroatoms. The van der Waals surface area contributed by atoms with Crippen molar-refractivity contribution < 1.29 is 4.42 Å². The number of hydrogen-bond donors (Lipinski definition) is 0. The van der Waals surface area contributed by atoms with E-state index in [4.69, 9.17) is 14.4 Å². The largest absolute Gasteiger partial charge is 0.453 e. The molecule has 0 radical (unpaired) electrons. The fourth-order valence-electron chi connectivity index (χ4n) is 13.6. The quantitative estimate of drug-likeness (QED) is 0.157. The van der Waals surface area contributed by atoms with Crippen molar-refractivity contribution in [3.63, 3.8) is 0 Å². The van der Waals surface area contributed by atoms with E-state index in [1.165, 1.54) is 125 Å². The van der Waals surface area contributed by atoms with Gasteiger partial charge < -0.3 is 8.82 Å². The van der Waals surface area contributed by atoms with E-state index in [1.54, 1.807) is 16.7 Å². The van der Waals surface area contributed by atoms with Gasteiger partial charge in [-0.1, -0.05) is 91.1 Å². The summed E-state index contributed by atoms with van der Waals surface area (Å²) in [6.45, 7) is 13.9. The van der Waals surface area contributed by atoms with Gasteiger partial charge in [0.1, 0.15) is 11.1 Å². The second-order valence-electron chi connectivity index (χ2n) is 20.9. The van der Waals surface area contributed by atoms with Crippen LogP contribution in [0.25, 0.3) is 71.3 Å². The van der Waals surface area contributed by atoms with Crippen molar-refractivity contribution in [2.24, 2.45) is 11.8 Å². The molecule has 276 valence electrons. The molecule has 3 fully saturated rings. The van der Waals surface area contributed by atoms with Crippen molar-refractivity contribution in [1.82, 2.24) is 14.4 Å². The average molecular weight is 722 g/mol. The minimum Gasteiger partial charge on any atom is -0.453 e. The van der Waals surface area contributed by atoms with Gasteiger partial charge in [-0.15, -0.1) is 0 Å². The molecule has 55 heavy (non-hydrogen) atoms. The number of fused-ring (bicyclic) bond motifs is 16. The normalized spacial score (nSPS) is 24.3. The lowest BCUT2D eigenvalue weighted by Gasteiger charge is -2.38. The lowest BCUT2D eigenvalue weighted by Crippen LogP contribution is -2.28. The Hall–Kier alpha value is -4.44. The van der Waals surface area contributed by atoms with Crippen molar-refractivity contribution in [3.8, 4) is 11.1 Å². The van der Waals surface area contributed by atoms with Crippen molar-refractivity contribution >= 4 is 60.2 Å². The summed E-state index contributed by atoms with van der Waals surface area (Å²) in [4.78, 5) is 10.9. The van der Waals surface area contributed by atoms with E-state index in [0.29, 0.717) is 11.8 Å². The maximum atomic E-state index is 7.25. The standard InChI is InChI=1S/C51H51N3O/c1-49(2,3)30-21-34-45-48(55-47(34)36(22-30)50(4,5)6)40-33-23-32-31-12-8-9-13-35(31)51(14-10-7-11-15-51)43(32)42-41-38(54(46(33)42)37(40)24-53-45)25-52-44-29-19-26-16-27(20-29)18-28(17-26)39(41)44/h8-9,12-13,21-29H,7,10-11,14-20H2,1-6H3. The van der Waals surface area contributed by atoms with Gasteiger partial charge >= 0.3 is 0 Å². The second kappa shape index (κ2) is 10.1. The highest BCUT2D eigenvalue weighted by Gasteiger charge is 2.48. The molecule has 3 saturated carbocycles. The van der Waals surface area contributed by atoms with Crippen LogP contribution in [0.15, 0.2) is 59.3 Å². The Morgan fingerprint density at radius 2 is 1.42 bits per heavy atom. The van der Waals surface area contributed by atoms with Crippen LogP contribution in [0.5, 0.6) is 0 Å². The number of benzene rings is 3. The van der Waals surface area contributed by atoms with Crippen LogP contribution in [0.4, 0.5) is 0 Å². The van der Waals surface area contributed by atoms with Crippen LogP contribution >= 0.6 is 0 Å². The van der Waals surface area contributed by atoms with Gasteiger partial charge in [-0.3, -0.25) is 4.98 Å². The predicted octanol–water partition coefficient (Wildman–Crippen LogP) is 13.7. The Kier molecular flexibility index (Phi) is 5.83. The first kappa shape index (κ1) is 31.7. The summed E-state index contributed by atoms with van der Waals surface area (Å²) < 4.78 is 9.85. The number of nitrogens with zero attached hydrogens (tertiary/aromatic N) is 3. The molecule has 0 saturated heterocycles. The molecule has 14 rings (SSSR count). The molecule has 4 nitrogen and oxygen atoms in total. The van der Waals surface area contributed by atoms with E-state index in [-0.39, 0.29) is 16.2 Å². The third kappa shape index (κ3) is 3.85. The first-order valence-electron chi connectivity index (χ1n) is 21.5. The molecule has 3 aromatic carbocycles. The number of furan rings is 1. The van der Waals surface area contributed by atoms with Crippen LogP contribution in [0.3, 0.4) is 0 Å². The lowest BCUT2D eigenvalue weighted by atomic mass is 9.66. The van der Waals surface area contributed by atoms with E-state index < -0.39 is 0 Å². The molecule has 0 aliphatic heterocycles. The summed E-state index contributed by atoms with van der Waals surface area (Å²) in [5, 5.41) is 6.73. The third-order valence-electron chi connectivity index (χ3n) is 15.7. The predicted molar refractivity (Wildman–Crippen MR) is 226 cm³/mol. The van der Waals surface area contributed by atoms with Crippen LogP contribution < -0.4 is 0 Å². The van der Waals surface area contributed by atoms with Gasteiger partial charge in [0.15, 0.2) is 5.58 Å². The van der Waals surface area contributed by atoms with Gasteiger partial charge in [-0.25, -0.2) is 4.98 Å². The summed E-state index contributed by atoms with van der Waals surface area (Å²) in [7, 11) is 0. The summed E-state index contributed by atoms with van der Waals surface area (Å²) in [5.41, 5.74) is 18.5. The van der Waals surface area contributed by atoms with Crippen LogP contribution in [-0.2, 0) is 16.2 Å². The molecule has 0 N–H and O–H groups in total. The van der Waals surface area contributed by atoms with E-state index in [2.05, 4.69) is 101 Å². The Morgan fingerprint density at radius 1 is 0.691 bits per heavy atom. The SMILES string of the molecule is CC(C)(C)c1cc(C(C)(C)C)c2oc3c(ncc4c3c3cc5c(c6c7c8c(ncc7n4c36)C3CC4CC(C3)CC8C4)C3(CCCCC3)c3ccccc3-5)c2c1. The molecule has 6 aliphatic carbocycles. The zero-order chi connectivity index (χ0) is 36.9. The maximum Gasteiger partial charge on any atom is 0.163 e. The third-order valence-corrected chi connectivity index (χ3v) is 15.7. The molecule has 8 aromatic rings. The molecular formula is C51H51N3O. The van der Waals surface area contributed by atoms with Gasteiger partial charge in [0, 0.05) is 44.1 Å². The smallest absolute Gasteiger partial charge is 0.163 e. The van der Waals surface area contributed by atoms with Gasteiger partial charge in [0.2, 0.25) is 0 Å². The van der Waals surface area contributed by atoms with Crippen LogP contribution in [0.1, 0.15) is 151 Å². The monoisotopic (exact) mass is 721 g/mol. The first-order chi connectivity index (χ1) is 26.5. The Bertz CT molecular complexity index is 2980. The topological polar surface area (TPSA) is 43.3 Å². The van der Waals surface area contributed by atoms with Crippen molar-refractivity contribution in [1.29, 1.82) is 0 Å². The van der Waals surface area contributed by atoms with Gasteiger partial charge in [-0.2, -0.15) is 0 Å². The lowest BCUT2D eigenvalue weighted by molar-refractivity contribution is 0.165. The Morgan fingerprint density at radius 3 is 2.18 bits per heavy atom. The minimum atomic E-state index is -0.0843. The van der Waals surface area contributed by atoms with E-state index >= 15 is 0 Å². The average Bonchev–Trinajstić information content (AvgIpc) is 3.84. The summed E-state index contributed by atoms with van der Waals surface area (Å²) in [5.74, 6) is 2.92. The van der Waals surface area contributed by atoms with Gasteiger partial charge in [0.05, 0.1) is 34.3 Å². The Labute approximate surface area is 323 Å². The number of hydrogen-bond acceptors (Lipinski definition) is 3. The number of pyridine rings is 2. The molecule has 0 amide bonds. The highest BCUT2D eigenvalue weighted by atomic mass is 16.3. The fraction of sp³-hybridized carbons (Fsp3) is 0.451. The van der Waals surface area contributed by atoms with E-state index in [1.807, 2.05) is 0 Å². The molecule has 2 atom stereocenters. The van der Waals surface area contributed by atoms with Crippen LogP contribution in [-0.4, -0.2) is 14.4 Å². The number of aromatic nitrogens is 3. The van der Waals surface area contributed by atoms with Crippen molar-refractivity contribution in [2.75, 3.05) is 0 Å².